The first-order valence-corrected chi connectivity index (χ1v) is 6.43. The summed E-state index contributed by atoms with van der Waals surface area (Å²) in [5, 5.41) is 2.48. The molecule has 5 heteroatoms. The van der Waals surface area contributed by atoms with Crippen LogP contribution in [0.15, 0.2) is 54.6 Å². The number of imide groups is 1. The van der Waals surface area contributed by atoms with Gasteiger partial charge in [-0.1, -0.05) is 30.3 Å². The molecule has 1 N–H and O–H groups in total. The van der Waals surface area contributed by atoms with Gasteiger partial charge < -0.3 is 10.1 Å². The van der Waals surface area contributed by atoms with Crippen LogP contribution in [0.4, 0.5) is 10.5 Å². The van der Waals surface area contributed by atoms with E-state index in [4.69, 9.17) is 4.74 Å². The highest BCUT2D eigenvalue weighted by atomic mass is 16.5. The van der Waals surface area contributed by atoms with Gasteiger partial charge in [0.15, 0.2) is 0 Å². The zero-order valence-corrected chi connectivity index (χ0v) is 11.9. The van der Waals surface area contributed by atoms with Crippen molar-refractivity contribution in [1.29, 1.82) is 0 Å². The first-order chi connectivity index (χ1) is 10.2. The molecule has 0 unspecified atom stereocenters. The third-order valence-corrected chi connectivity index (χ3v) is 2.97. The van der Waals surface area contributed by atoms with Crippen LogP contribution in [0, 0.1) is 0 Å². The second-order valence-corrected chi connectivity index (χ2v) is 4.23. The van der Waals surface area contributed by atoms with E-state index in [0.29, 0.717) is 17.0 Å². The minimum Gasteiger partial charge on any atom is -0.496 e. The molecule has 0 aliphatic carbocycles. The fraction of sp³-hybridized carbons (Fsp3) is 0.125. The van der Waals surface area contributed by atoms with Crippen LogP contribution in [0.5, 0.6) is 5.75 Å². The molecule has 0 saturated heterocycles. The number of methoxy groups -OCH3 is 1. The molecule has 0 fully saturated rings. The van der Waals surface area contributed by atoms with Crippen LogP contribution in [-0.2, 0) is 0 Å². The van der Waals surface area contributed by atoms with E-state index in [-0.39, 0.29) is 0 Å². The summed E-state index contributed by atoms with van der Waals surface area (Å²) < 4.78 is 5.19. The highest BCUT2D eigenvalue weighted by Gasteiger charge is 2.25. The Hall–Kier alpha value is -2.82. The van der Waals surface area contributed by atoms with Crippen LogP contribution in [-0.4, -0.2) is 26.1 Å². The number of rotatable bonds is 3. The van der Waals surface area contributed by atoms with Crippen molar-refractivity contribution in [3.05, 3.63) is 60.2 Å². The van der Waals surface area contributed by atoms with Crippen molar-refractivity contribution in [2.45, 2.75) is 0 Å². The Kier molecular flexibility index (Phi) is 4.56. The molecule has 0 saturated carbocycles. The third-order valence-electron chi connectivity index (χ3n) is 2.97. The molecule has 3 amide bonds. The Morgan fingerprint density at radius 1 is 1.00 bits per heavy atom. The Bertz CT molecular complexity index is 641. The number of ether oxygens (including phenoxy) is 1. The molecule has 21 heavy (non-hydrogen) atoms. The Morgan fingerprint density at radius 2 is 1.62 bits per heavy atom. The first kappa shape index (κ1) is 14.6. The van der Waals surface area contributed by atoms with Gasteiger partial charge >= 0.3 is 6.03 Å². The van der Waals surface area contributed by atoms with Gasteiger partial charge in [0.1, 0.15) is 5.75 Å². The predicted octanol–water partition coefficient (Wildman–Crippen LogP) is 2.68. The highest BCUT2D eigenvalue weighted by Crippen LogP contribution is 2.23. The standard InChI is InChI=1S/C16H16N2O3/c1-17-16(20)18(12-8-4-3-5-9-12)15(19)13-10-6-7-11-14(13)21-2/h3-11H,1-2H3,(H,17,20). The van der Waals surface area contributed by atoms with Crippen molar-refractivity contribution in [1.82, 2.24) is 5.32 Å². The molecule has 0 radical (unpaired) electrons. The fourth-order valence-electron chi connectivity index (χ4n) is 1.96. The van der Waals surface area contributed by atoms with Gasteiger partial charge in [0, 0.05) is 7.05 Å². The molecule has 0 atom stereocenters. The quantitative estimate of drug-likeness (QED) is 0.942. The normalized spacial score (nSPS) is 9.81. The maximum absolute atomic E-state index is 12.7. The molecule has 0 bridgehead atoms. The lowest BCUT2D eigenvalue weighted by Crippen LogP contribution is -2.42. The van der Waals surface area contributed by atoms with Crippen molar-refractivity contribution < 1.29 is 14.3 Å². The fourth-order valence-corrected chi connectivity index (χ4v) is 1.96. The van der Waals surface area contributed by atoms with Crippen molar-refractivity contribution in [2.24, 2.45) is 0 Å². The van der Waals surface area contributed by atoms with E-state index >= 15 is 0 Å². The number of hydrogen-bond donors (Lipinski definition) is 1. The maximum atomic E-state index is 12.7. The Balaban J connectivity index is 2.47. The van der Waals surface area contributed by atoms with E-state index in [0.717, 1.165) is 4.90 Å². The van der Waals surface area contributed by atoms with Gasteiger partial charge in [-0.25, -0.2) is 9.69 Å². The topological polar surface area (TPSA) is 58.6 Å². The number of benzene rings is 2. The average molecular weight is 284 g/mol. The number of hydrogen-bond acceptors (Lipinski definition) is 3. The molecule has 0 aromatic heterocycles. The Morgan fingerprint density at radius 3 is 2.24 bits per heavy atom. The number of nitrogens with one attached hydrogen (secondary N) is 1. The van der Waals surface area contributed by atoms with Crippen LogP contribution in [0.1, 0.15) is 10.4 Å². The number of anilines is 1. The van der Waals surface area contributed by atoms with Crippen molar-refractivity contribution in [3.8, 4) is 5.75 Å². The smallest absolute Gasteiger partial charge is 0.328 e. The largest absolute Gasteiger partial charge is 0.496 e. The molecule has 108 valence electrons. The zero-order chi connectivity index (χ0) is 15.2. The van der Waals surface area contributed by atoms with Gasteiger partial charge in [0.25, 0.3) is 5.91 Å². The van der Waals surface area contributed by atoms with Crippen LogP contribution in [0.2, 0.25) is 0 Å². The van der Waals surface area contributed by atoms with E-state index in [9.17, 15) is 9.59 Å². The molecule has 0 spiro atoms. The van der Waals surface area contributed by atoms with Gasteiger partial charge in [0.05, 0.1) is 18.4 Å². The monoisotopic (exact) mass is 284 g/mol. The molecule has 0 aliphatic rings. The third kappa shape index (κ3) is 3.02. The highest BCUT2D eigenvalue weighted by molar-refractivity contribution is 6.21. The summed E-state index contributed by atoms with van der Waals surface area (Å²) in [6, 6.07) is 15.0. The Labute approximate surface area is 123 Å². The summed E-state index contributed by atoms with van der Waals surface area (Å²) in [5.41, 5.74) is 0.820. The molecule has 0 aliphatic heterocycles. The molecule has 2 aromatic carbocycles. The first-order valence-electron chi connectivity index (χ1n) is 6.43. The van der Waals surface area contributed by atoms with Gasteiger partial charge in [0.2, 0.25) is 0 Å². The summed E-state index contributed by atoms with van der Waals surface area (Å²) in [6.07, 6.45) is 0. The molecule has 0 heterocycles. The minimum atomic E-state index is -0.503. The lowest BCUT2D eigenvalue weighted by Gasteiger charge is -2.21. The summed E-state index contributed by atoms with van der Waals surface area (Å²) in [6.45, 7) is 0. The van der Waals surface area contributed by atoms with Crippen molar-refractivity contribution >= 4 is 17.6 Å². The van der Waals surface area contributed by atoms with Crippen LogP contribution in [0.3, 0.4) is 0 Å². The second kappa shape index (κ2) is 6.56. The zero-order valence-electron chi connectivity index (χ0n) is 11.9. The number of nitrogens with zero attached hydrogens (tertiary/aromatic N) is 1. The predicted molar refractivity (Wildman–Crippen MR) is 80.7 cm³/mol. The average Bonchev–Trinajstić information content (AvgIpc) is 2.55. The second-order valence-electron chi connectivity index (χ2n) is 4.23. The van der Waals surface area contributed by atoms with Gasteiger partial charge in [-0.2, -0.15) is 0 Å². The van der Waals surface area contributed by atoms with E-state index < -0.39 is 11.9 Å². The van der Waals surface area contributed by atoms with Crippen molar-refractivity contribution in [3.63, 3.8) is 0 Å². The van der Waals surface area contributed by atoms with Crippen molar-refractivity contribution in [2.75, 3.05) is 19.1 Å². The van der Waals surface area contributed by atoms with E-state index in [1.54, 1.807) is 48.5 Å². The molecule has 2 aromatic rings. The van der Waals surface area contributed by atoms with E-state index in [1.165, 1.54) is 14.2 Å². The number of carbonyl (C=O) groups excluding carboxylic acids is 2. The number of para-hydroxylation sites is 2. The van der Waals surface area contributed by atoms with Crippen LogP contribution < -0.4 is 15.0 Å². The lowest BCUT2D eigenvalue weighted by atomic mass is 10.1. The van der Waals surface area contributed by atoms with Gasteiger partial charge in [-0.15, -0.1) is 0 Å². The SMILES string of the molecule is CNC(=O)N(C(=O)c1ccccc1OC)c1ccccc1. The summed E-state index contributed by atoms with van der Waals surface area (Å²) >= 11 is 0. The number of urea groups is 1. The van der Waals surface area contributed by atoms with E-state index in [1.807, 2.05) is 6.07 Å². The molecular weight excluding hydrogens is 268 g/mol. The molecule has 5 nitrogen and oxygen atoms in total. The molecule has 2 rings (SSSR count). The maximum Gasteiger partial charge on any atom is 0.328 e. The van der Waals surface area contributed by atoms with E-state index in [2.05, 4.69) is 5.32 Å². The lowest BCUT2D eigenvalue weighted by molar-refractivity contribution is 0.0991. The summed E-state index contributed by atoms with van der Waals surface area (Å²) in [4.78, 5) is 25.9. The van der Waals surface area contributed by atoms with Gasteiger partial charge in [-0.05, 0) is 24.3 Å². The number of carbonyl (C=O) groups is 2. The van der Waals surface area contributed by atoms with Gasteiger partial charge in [-0.3, -0.25) is 4.79 Å². The summed E-state index contributed by atoms with van der Waals surface area (Å²) in [7, 11) is 2.96. The summed E-state index contributed by atoms with van der Waals surface area (Å²) in [5.74, 6) is -0.0228. The van der Waals surface area contributed by atoms with Crippen LogP contribution in [0.25, 0.3) is 0 Å². The minimum absolute atomic E-state index is 0.326. The molecular formula is C16H16N2O3. The van der Waals surface area contributed by atoms with Crippen LogP contribution >= 0.6 is 0 Å². The number of amides is 3.